The first-order chi connectivity index (χ1) is 11.0. The van der Waals surface area contributed by atoms with Gasteiger partial charge in [-0.3, -0.25) is 4.90 Å². The molecule has 0 saturated carbocycles. The van der Waals surface area contributed by atoms with Gasteiger partial charge in [-0.05, 0) is 24.5 Å². The summed E-state index contributed by atoms with van der Waals surface area (Å²) >= 11 is 1.65. The third-order valence-corrected chi connectivity index (χ3v) is 5.83. The van der Waals surface area contributed by atoms with Gasteiger partial charge in [0.1, 0.15) is 0 Å². The molecule has 1 atom stereocenters. The Kier molecular flexibility index (Phi) is 9.92. The second kappa shape index (κ2) is 11.1. The Morgan fingerprint density at radius 1 is 1.26 bits per heavy atom. The fourth-order valence-electron chi connectivity index (χ4n) is 2.25. The van der Waals surface area contributed by atoms with Crippen LogP contribution in [-0.4, -0.2) is 65.6 Å². The lowest BCUT2D eigenvalue weighted by molar-refractivity contribution is 0.0784. The summed E-state index contributed by atoms with van der Waals surface area (Å²) in [6.07, 6.45) is 0. The number of thiophene rings is 1. The van der Waals surface area contributed by atoms with E-state index in [2.05, 4.69) is 29.5 Å². The molecule has 1 N–H and O–H groups in total. The van der Waals surface area contributed by atoms with Crippen LogP contribution in [0.2, 0.25) is 0 Å². The molecule has 0 aromatic carbocycles. The van der Waals surface area contributed by atoms with Crippen molar-refractivity contribution in [3.8, 4) is 0 Å². The highest BCUT2D eigenvalue weighted by Crippen LogP contribution is 2.24. The zero-order valence-corrected chi connectivity index (χ0v) is 15.8. The van der Waals surface area contributed by atoms with Crippen LogP contribution >= 0.6 is 11.3 Å². The maximum absolute atomic E-state index is 12.1. The number of hydrogen-bond acceptors (Lipinski definition) is 6. The summed E-state index contributed by atoms with van der Waals surface area (Å²) in [5.74, 6) is -0.0356. The summed E-state index contributed by atoms with van der Waals surface area (Å²) in [7, 11) is -1.76. The average Bonchev–Trinajstić information content (AvgIpc) is 3.05. The van der Waals surface area contributed by atoms with Gasteiger partial charge in [-0.2, -0.15) is 0 Å². The molecule has 6 nitrogen and oxygen atoms in total. The van der Waals surface area contributed by atoms with Crippen molar-refractivity contribution in [2.45, 2.75) is 19.9 Å². The fraction of sp³-hybridized carbons (Fsp3) is 0.733. The molecule has 1 aromatic rings. The van der Waals surface area contributed by atoms with E-state index in [1.54, 1.807) is 18.4 Å². The average molecular weight is 365 g/mol. The predicted molar refractivity (Wildman–Crippen MR) is 94.5 cm³/mol. The molecule has 0 fully saturated rings. The van der Waals surface area contributed by atoms with Gasteiger partial charge in [-0.1, -0.05) is 19.9 Å². The number of nitrogens with one attached hydrogen (secondary N) is 1. The fourth-order valence-corrected chi connectivity index (χ4v) is 4.00. The van der Waals surface area contributed by atoms with Crippen LogP contribution in [0.3, 0.4) is 0 Å². The Bertz CT molecular complexity index is 502. The lowest BCUT2D eigenvalue weighted by atomic mass is 10.2. The third-order valence-electron chi connectivity index (χ3n) is 3.55. The number of methoxy groups -OCH3 is 1. The van der Waals surface area contributed by atoms with Crippen molar-refractivity contribution in [2.24, 2.45) is 0 Å². The van der Waals surface area contributed by atoms with Gasteiger partial charge in [0, 0.05) is 18.5 Å². The lowest BCUT2D eigenvalue weighted by Crippen LogP contribution is -2.39. The van der Waals surface area contributed by atoms with Crippen molar-refractivity contribution in [1.29, 1.82) is 0 Å². The summed E-state index contributed by atoms with van der Waals surface area (Å²) in [6.45, 7) is 7.35. The Balaban J connectivity index is 2.53. The van der Waals surface area contributed by atoms with Crippen LogP contribution in [0, 0.1) is 0 Å². The van der Waals surface area contributed by atoms with Gasteiger partial charge in [0.25, 0.3) is 0 Å². The van der Waals surface area contributed by atoms with Gasteiger partial charge in [-0.15, -0.1) is 11.3 Å². The number of sulfonamides is 1. The topological polar surface area (TPSA) is 67.9 Å². The van der Waals surface area contributed by atoms with E-state index in [0.29, 0.717) is 19.8 Å². The molecule has 0 amide bonds. The van der Waals surface area contributed by atoms with E-state index in [4.69, 9.17) is 9.47 Å². The second-order valence-corrected chi connectivity index (χ2v) is 7.93. The normalized spacial score (nSPS) is 13.6. The van der Waals surface area contributed by atoms with Crippen LogP contribution in [-0.2, 0) is 19.5 Å². The largest absolute Gasteiger partial charge is 0.382 e. The molecular formula is C15H28N2O4S2. The summed E-state index contributed by atoms with van der Waals surface area (Å²) in [4.78, 5) is 3.43. The second-order valence-electron chi connectivity index (χ2n) is 5.02. The van der Waals surface area contributed by atoms with E-state index >= 15 is 0 Å². The van der Waals surface area contributed by atoms with Crippen LogP contribution in [0.15, 0.2) is 17.5 Å². The van der Waals surface area contributed by atoms with Crippen LogP contribution in [0.25, 0.3) is 0 Å². The smallest absolute Gasteiger partial charge is 0.213 e. The minimum Gasteiger partial charge on any atom is -0.382 e. The Morgan fingerprint density at radius 2 is 2.00 bits per heavy atom. The highest BCUT2D eigenvalue weighted by atomic mass is 32.2. The molecule has 0 aliphatic rings. The molecule has 1 heterocycles. The summed E-state index contributed by atoms with van der Waals surface area (Å²) in [5.41, 5.74) is 0. The molecule has 0 aliphatic heterocycles. The van der Waals surface area contributed by atoms with E-state index in [1.807, 2.05) is 11.4 Å². The van der Waals surface area contributed by atoms with Crippen molar-refractivity contribution in [3.63, 3.8) is 0 Å². The molecule has 23 heavy (non-hydrogen) atoms. The summed E-state index contributed by atoms with van der Waals surface area (Å²) in [5, 5.41) is 2.02. The van der Waals surface area contributed by atoms with Gasteiger partial charge in [0.2, 0.25) is 10.0 Å². The maximum Gasteiger partial charge on any atom is 0.213 e. The van der Waals surface area contributed by atoms with E-state index in [-0.39, 0.29) is 18.4 Å². The Hall–Kier alpha value is -0.510. The number of nitrogens with zero attached hydrogens (tertiary/aromatic N) is 1. The van der Waals surface area contributed by atoms with Gasteiger partial charge < -0.3 is 9.47 Å². The van der Waals surface area contributed by atoms with E-state index in [9.17, 15) is 8.42 Å². The van der Waals surface area contributed by atoms with Crippen LogP contribution < -0.4 is 4.72 Å². The first kappa shape index (κ1) is 20.5. The standard InChI is InChI=1S/C15H28N2O4S2/c1-4-17(5-2)14(15-7-6-11-22-15)13-16-23(18,19)12-10-21-9-8-20-3/h6-7,11,14,16H,4-5,8-10,12-13H2,1-3H3. The zero-order chi connectivity index (χ0) is 17.1. The highest BCUT2D eigenvalue weighted by molar-refractivity contribution is 7.89. The molecule has 1 unspecified atom stereocenters. The van der Waals surface area contributed by atoms with Crippen molar-refractivity contribution >= 4 is 21.4 Å². The summed E-state index contributed by atoms with van der Waals surface area (Å²) < 4.78 is 37.0. The van der Waals surface area contributed by atoms with Gasteiger partial charge in [0.15, 0.2) is 0 Å². The Labute approximate surface area is 143 Å². The quantitative estimate of drug-likeness (QED) is 0.540. The molecule has 1 aromatic heterocycles. The first-order valence-corrected chi connectivity index (χ1v) is 10.4. The first-order valence-electron chi connectivity index (χ1n) is 7.85. The molecule has 0 aliphatic carbocycles. The minimum absolute atomic E-state index is 0.0356. The van der Waals surface area contributed by atoms with Crippen molar-refractivity contribution in [2.75, 3.05) is 52.3 Å². The van der Waals surface area contributed by atoms with Crippen molar-refractivity contribution < 1.29 is 17.9 Å². The molecule has 134 valence electrons. The molecule has 8 heteroatoms. The molecule has 0 bridgehead atoms. The monoisotopic (exact) mass is 364 g/mol. The van der Waals surface area contributed by atoms with Crippen LogP contribution in [0.5, 0.6) is 0 Å². The number of hydrogen-bond donors (Lipinski definition) is 1. The van der Waals surface area contributed by atoms with Crippen molar-refractivity contribution in [3.05, 3.63) is 22.4 Å². The highest BCUT2D eigenvalue weighted by Gasteiger charge is 2.21. The number of rotatable bonds is 13. The summed E-state index contributed by atoms with van der Waals surface area (Å²) in [6, 6.07) is 4.11. The number of ether oxygens (including phenoxy) is 2. The maximum atomic E-state index is 12.1. The molecule has 1 rings (SSSR count). The number of likely N-dealkylation sites (N-methyl/N-ethyl adjacent to an activating group) is 1. The van der Waals surface area contributed by atoms with Crippen LogP contribution in [0.1, 0.15) is 24.8 Å². The molecule has 0 radical (unpaired) electrons. The SMILES string of the molecule is CCN(CC)C(CNS(=O)(=O)CCOCCOC)c1cccs1. The molecule has 0 saturated heterocycles. The van der Waals surface area contributed by atoms with Crippen molar-refractivity contribution in [1.82, 2.24) is 9.62 Å². The molecular weight excluding hydrogens is 336 g/mol. The molecule has 0 spiro atoms. The van der Waals surface area contributed by atoms with Gasteiger partial charge in [-0.25, -0.2) is 13.1 Å². The van der Waals surface area contributed by atoms with E-state index < -0.39 is 10.0 Å². The minimum atomic E-state index is -3.34. The van der Waals surface area contributed by atoms with Gasteiger partial charge >= 0.3 is 0 Å². The van der Waals surface area contributed by atoms with Crippen LogP contribution in [0.4, 0.5) is 0 Å². The third kappa shape index (κ3) is 7.73. The zero-order valence-electron chi connectivity index (χ0n) is 14.2. The van der Waals surface area contributed by atoms with Gasteiger partial charge in [0.05, 0.1) is 31.6 Å². The lowest BCUT2D eigenvalue weighted by Gasteiger charge is -2.29. The van der Waals surface area contributed by atoms with E-state index in [1.165, 1.54) is 4.88 Å². The van der Waals surface area contributed by atoms with E-state index in [0.717, 1.165) is 13.1 Å². The predicted octanol–water partition coefficient (Wildman–Crippen LogP) is 1.71. The Morgan fingerprint density at radius 3 is 2.57 bits per heavy atom.